The number of carbonyl (C=O) groups excluding carboxylic acids is 1. The van der Waals surface area contributed by atoms with Crippen LogP contribution in [-0.2, 0) is 4.74 Å². The van der Waals surface area contributed by atoms with E-state index in [0.29, 0.717) is 54.4 Å². The molecule has 0 unspecified atom stereocenters. The van der Waals surface area contributed by atoms with Gasteiger partial charge in [-0.25, -0.2) is 4.79 Å². The van der Waals surface area contributed by atoms with Crippen LogP contribution in [0.1, 0.15) is 5.56 Å². The smallest absolute Gasteiger partial charge is 0.322 e. The highest BCUT2D eigenvalue weighted by Gasteiger charge is 2.24. The Balaban J connectivity index is 1.64. The maximum absolute atomic E-state index is 13.3. The summed E-state index contributed by atoms with van der Waals surface area (Å²) in [6.45, 7) is 3.95. The molecule has 0 spiro atoms. The van der Waals surface area contributed by atoms with Gasteiger partial charge in [0.25, 0.3) is 0 Å². The molecule has 9 nitrogen and oxygen atoms in total. The highest BCUT2D eigenvalue weighted by molar-refractivity contribution is 6.00. The number of methoxy groups -OCH3 is 1. The van der Waals surface area contributed by atoms with Crippen LogP contribution < -0.4 is 25.0 Å². The monoisotopic (exact) mass is 438 g/mol. The average Bonchev–Trinajstić information content (AvgIpc) is 3.28. The lowest BCUT2D eigenvalue weighted by atomic mass is 10.1. The van der Waals surface area contributed by atoms with Crippen LogP contribution in [0, 0.1) is 6.92 Å². The SMILES string of the molecule is COc1c(-c2ccc3c(c2)OCO3)oc2c(NC(=O)N3CCOCC3)cc(C)cc2c1=O. The second kappa shape index (κ2) is 8.08. The van der Waals surface area contributed by atoms with Crippen molar-refractivity contribution in [1.82, 2.24) is 4.90 Å². The van der Waals surface area contributed by atoms with E-state index in [9.17, 15) is 9.59 Å². The van der Waals surface area contributed by atoms with Crippen molar-refractivity contribution in [3.05, 3.63) is 46.1 Å². The Morgan fingerprint density at radius 3 is 2.66 bits per heavy atom. The molecule has 1 saturated heterocycles. The van der Waals surface area contributed by atoms with E-state index in [-0.39, 0.29) is 35.3 Å². The van der Waals surface area contributed by atoms with Gasteiger partial charge in [0.05, 0.1) is 31.4 Å². The van der Waals surface area contributed by atoms with Crippen molar-refractivity contribution in [1.29, 1.82) is 0 Å². The van der Waals surface area contributed by atoms with E-state index < -0.39 is 0 Å². The summed E-state index contributed by atoms with van der Waals surface area (Å²) in [5.41, 5.74) is 1.76. The summed E-state index contributed by atoms with van der Waals surface area (Å²) >= 11 is 0. The predicted molar refractivity (Wildman–Crippen MR) is 117 cm³/mol. The number of fused-ring (bicyclic) bond motifs is 2. The molecule has 3 aromatic rings. The number of carbonyl (C=O) groups is 1. The Bertz CT molecular complexity index is 1260. The van der Waals surface area contributed by atoms with Crippen LogP contribution in [0.25, 0.3) is 22.3 Å². The van der Waals surface area contributed by atoms with Crippen LogP contribution in [0.2, 0.25) is 0 Å². The maximum atomic E-state index is 13.3. The number of benzene rings is 2. The zero-order valence-electron chi connectivity index (χ0n) is 17.7. The van der Waals surface area contributed by atoms with Gasteiger partial charge >= 0.3 is 6.03 Å². The Morgan fingerprint density at radius 2 is 1.88 bits per heavy atom. The third-order valence-electron chi connectivity index (χ3n) is 5.47. The molecule has 3 heterocycles. The number of ether oxygens (including phenoxy) is 4. The summed E-state index contributed by atoms with van der Waals surface area (Å²) in [7, 11) is 1.42. The molecule has 1 aromatic heterocycles. The van der Waals surface area contributed by atoms with Crippen molar-refractivity contribution in [2.75, 3.05) is 45.5 Å². The standard InChI is InChI=1S/C23H22N2O7/c1-13-9-15-19(26)22(28-2)20(14-3-4-17-18(11-14)31-12-30-17)32-21(15)16(10-13)24-23(27)25-5-7-29-8-6-25/h3-4,9-11H,5-8,12H2,1-2H3,(H,24,27). The highest BCUT2D eigenvalue weighted by Crippen LogP contribution is 2.39. The molecular formula is C23H22N2O7. The Hall–Kier alpha value is -3.72. The second-order valence-electron chi connectivity index (χ2n) is 7.58. The van der Waals surface area contributed by atoms with Gasteiger partial charge in [0, 0.05) is 18.7 Å². The number of hydrogen-bond donors (Lipinski definition) is 1. The molecule has 2 aromatic carbocycles. The lowest BCUT2D eigenvalue weighted by Crippen LogP contribution is -2.43. The van der Waals surface area contributed by atoms with E-state index in [1.807, 2.05) is 6.92 Å². The van der Waals surface area contributed by atoms with E-state index >= 15 is 0 Å². The fourth-order valence-electron chi connectivity index (χ4n) is 3.89. The van der Waals surface area contributed by atoms with Crippen LogP contribution in [0.5, 0.6) is 17.2 Å². The topological polar surface area (TPSA) is 99.5 Å². The summed E-state index contributed by atoms with van der Waals surface area (Å²) in [4.78, 5) is 27.8. The van der Waals surface area contributed by atoms with Crippen molar-refractivity contribution >= 4 is 22.7 Å². The van der Waals surface area contributed by atoms with E-state index in [0.717, 1.165) is 5.56 Å². The first-order valence-corrected chi connectivity index (χ1v) is 10.2. The van der Waals surface area contributed by atoms with Gasteiger partial charge in [0.15, 0.2) is 22.8 Å². The molecule has 0 bridgehead atoms. The van der Waals surface area contributed by atoms with Crippen molar-refractivity contribution in [3.63, 3.8) is 0 Å². The molecule has 9 heteroatoms. The van der Waals surface area contributed by atoms with E-state index in [2.05, 4.69) is 5.32 Å². The van der Waals surface area contributed by atoms with Gasteiger partial charge in [-0.15, -0.1) is 0 Å². The number of anilines is 1. The van der Waals surface area contributed by atoms with Gasteiger partial charge in [0.1, 0.15) is 0 Å². The molecular weight excluding hydrogens is 416 g/mol. The zero-order chi connectivity index (χ0) is 22.2. The Kier molecular flexibility index (Phi) is 5.10. The molecule has 5 rings (SSSR count). The van der Waals surface area contributed by atoms with Crippen LogP contribution in [-0.4, -0.2) is 51.1 Å². The maximum Gasteiger partial charge on any atom is 0.322 e. The first kappa shape index (κ1) is 20.2. The van der Waals surface area contributed by atoms with E-state index in [4.69, 9.17) is 23.4 Å². The number of amides is 2. The van der Waals surface area contributed by atoms with E-state index in [1.54, 1.807) is 35.2 Å². The summed E-state index contributed by atoms with van der Waals surface area (Å²) in [5.74, 6) is 1.49. The first-order chi connectivity index (χ1) is 15.5. The molecule has 0 aliphatic carbocycles. The number of rotatable bonds is 3. The van der Waals surface area contributed by atoms with Crippen molar-refractivity contribution in [3.8, 4) is 28.6 Å². The number of aryl methyl sites for hydroxylation is 1. The summed E-state index contributed by atoms with van der Waals surface area (Å²) in [5, 5.41) is 3.22. The van der Waals surface area contributed by atoms with Crippen molar-refractivity contribution in [2.24, 2.45) is 0 Å². The molecule has 2 amide bonds. The highest BCUT2D eigenvalue weighted by atomic mass is 16.7. The quantitative estimate of drug-likeness (QED) is 0.669. The lowest BCUT2D eigenvalue weighted by molar-refractivity contribution is 0.0564. The van der Waals surface area contributed by atoms with Crippen LogP contribution in [0.15, 0.2) is 39.5 Å². The van der Waals surface area contributed by atoms with Gasteiger partial charge in [-0.05, 0) is 42.8 Å². The average molecular weight is 438 g/mol. The largest absolute Gasteiger partial charge is 0.490 e. The second-order valence-corrected chi connectivity index (χ2v) is 7.58. The minimum Gasteiger partial charge on any atom is -0.490 e. The fraction of sp³-hybridized carbons (Fsp3) is 0.304. The molecule has 2 aliphatic rings. The number of hydrogen-bond acceptors (Lipinski definition) is 7. The molecule has 0 saturated carbocycles. The minimum absolute atomic E-state index is 0.0763. The zero-order valence-corrected chi connectivity index (χ0v) is 17.7. The van der Waals surface area contributed by atoms with Crippen LogP contribution in [0.4, 0.5) is 10.5 Å². The van der Waals surface area contributed by atoms with Crippen LogP contribution in [0.3, 0.4) is 0 Å². The number of urea groups is 1. The van der Waals surface area contributed by atoms with Gasteiger partial charge in [-0.1, -0.05) is 0 Å². The molecule has 1 fully saturated rings. The van der Waals surface area contributed by atoms with Crippen LogP contribution >= 0.6 is 0 Å². The molecule has 1 N–H and O–H groups in total. The number of nitrogens with one attached hydrogen (secondary N) is 1. The van der Waals surface area contributed by atoms with Gasteiger partial charge in [0.2, 0.25) is 18.0 Å². The van der Waals surface area contributed by atoms with Crippen molar-refractivity contribution in [2.45, 2.75) is 6.92 Å². The minimum atomic E-state index is -0.327. The fourth-order valence-corrected chi connectivity index (χ4v) is 3.89. The molecule has 32 heavy (non-hydrogen) atoms. The predicted octanol–water partition coefficient (Wildman–Crippen LogP) is 3.37. The third-order valence-corrected chi connectivity index (χ3v) is 5.47. The molecule has 2 aliphatic heterocycles. The van der Waals surface area contributed by atoms with Gasteiger partial charge in [-0.2, -0.15) is 0 Å². The number of morpholine rings is 1. The normalized spacial score (nSPS) is 15.1. The summed E-state index contributed by atoms with van der Waals surface area (Å²) in [6.07, 6.45) is 0. The van der Waals surface area contributed by atoms with E-state index in [1.165, 1.54) is 7.11 Å². The number of nitrogens with zero attached hydrogens (tertiary/aromatic N) is 1. The molecule has 0 atom stereocenters. The van der Waals surface area contributed by atoms with Crippen molar-refractivity contribution < 1.29 is 28.2 Å². The molecule has 166 valence electrons. The first-order valence-electron chi connectivity index (χ1n) is 10.2. The third kappa shape index (κ3) is 3.50. The van der Waals surface area contributed by atoms with Gasteiger partial charge < -0.3 is 33.6 Å². The Morgan fingerprint density at radius 1 is 1.09 bits per heavy atom. The molecule has 0 radical (unpaired) electrons. The van der Waals surface area contributed by atoms with Gasteiger partial charge in [-0.3, -0.25) is 4.79 Å². The Labute approximate surface area is 183 Å². The lowest BCUT2D eigenvalue weighted by Gasteiger charge is -2.27. The summed E-state index contributed by atoms with van der Waals surface area (Å²) < 4.78 is 27.8. The summed E-state index contributed by atoms with van der Waals surface area (Å²) in [6, 6.07) is 8.47.